The van der Waals surface area contributed by atoms with Gasteiger partial charge in [0.25, 0.3) is 0 Å². The van der Waals surface area contributed by atoms with E-state index in [0.29, 0.717) is 5.69 Å². The number of amides is 2. The number of nitrogens with one attached hydrogen (secondary N) is 2. The number of alkyl halides is 3. The average Bonchev–Trinajstić information content (AvgIpc) is 2.62. The maximum Gasteiger partial charge on any atom is 0.416 e. The van der Waals surface area contributed by atoms with Crippen LogP contribution in [0.4, 0.5) is 18.9 Å². The summed E-state index contributed by atoms with van der Waals surface area (Å²) in [5.41, 5.74) is 1.06. The zero-order chi connectivity index (χ0) is 20.7. The largest absolute Gasteiger partial charge is 0.416 e. The normalized spacial score (nSPS) is 11.5. The second-order valence-electron chi connectivity index (χ2n) is 6.01. The Balaban J connectivity index is 1.82. The lowest BCUT2D eigenvalue weighted by Crippen LogP contribution is -2.26. The Kier molecular flexibility index (Phi) is 7.39. The fourth-order valence-electron chi connectivity index (χ4n) is 2.29. The lowest BCUT2D eigenvalue weighted by molar-refractivity contribution is -0.137. The molecule has 2 N–H and O–H groups in total. The summed E-state index contributed by atoms with van der Waals surface area (Å²) in [6.45, 7) is 1.97. The second-order valence-corrected chi connectivity index (χ2v) is 6.92. The number of halogens is 4. The van der Waals surface area contributed by atoms with Gasteiger partial charge in [-0.3, -0.25) is 9.59 Å². The van der Waals surface area contributed by atoms with Crippen molar-refractivity contribution >= 4 is 39.5 Å². The molecule has 2 rings (SSSR count). The van der Waals surface area contributed by atoms with E-state index < -0.39 is 17.6 Å². The molecule has 8 heteroatoms. The van der Waals surface area contributed by atoms with E-state index >= 15 is 0 Å². The van der Waals surface area contributed by atoms with Crippen molar-refractivity contribution in [2.45, 2.75) is 19.5 Å². The Bertz CT molecular complexity index is 895. The van der Waals surface area contributed by atoms with Crippen molar-refractivity contribution < 1.29 is 22.8 Å². The molecule has 4 nitrogen and oxygen atoms in total. The smallest absolute Gasteiger partial charge is 0.352 e. The van der Waals surface area contributed by atoms with Crippen molar-refractivity contribution in [3.05, 3.63) is 69.7 Å². The lowest BCUT2D eigenvalue weighted by Gasteiger charge is -2.09. The van der Waals surface area contributed by atoms with E-state index in [1.54, 1.807) is 6.07 Å². The van der Waals surface area contributed by atoms with E-state index in [4.69, 9.17) is 0 Å². The molecule has 0 aliphatic rings. The Morgan fingerprint density at radius 2 is 1.89 bits per heavy atom. The summed E-state index contributed by atoms with van der Waals surface area (Å²) in [7, 11) is 0. The maximum atomic E-state index is 12.7. The first-order valence-corrected chi connectivity index (χ1v) is 9.13. The van der Waals surface area contributed by atoms with E-state index in [1.807, 2.05) is 19.1 Å². The first-order chi connectivity index (χ1) is 13.1. The molecule has 0 aliphatic heterocycles. The van der Waals surface area contributed by atoms with Crippen molar-refractivity contribution in [3.8, 4) is 0 Å². The van der Waals surface area contributed by atoms with Gasteiger partial charge in [-0.25, -0.2) is 0 Å². The molecular weight excluding hydrogens is 437 g/mol. The molecule has 0 spiro atoms. The molecule has 0 aliphatic carbocycles. The summed E-state index contributed by atoms with van der Waals surface area (Å²) in [5.74, 6) is -0.757. The van der Waals surface area contributed by atoms with Gasteiger partial charge in [0.1, 0.15) is 0 Å². The molecule has 0 atom stereocenters. The quantitative estimate of drug-likeness (QED) is 0.607. The van der Waals surface area contributed by atoms with Crippen LogP contribution < -0.4 is 10.6 Å². The van der Waals surface area contributed by atoms with Crippen LogP contribution in [-0.4, -0.2) is 18.4 Å². The van der Waals surface area contributed by atoms with E-state index in [2.05, 4.69) is 26.6 Å². The molecule has 2 aromatic carbocycles. The van der Waals surface area contributed by atoms with E-state index in [1.165, 1.54) is 18.2 Å². The van der Waals surface area contributed by atoms with E-state index in [9.17, 15) is 22.8 Å². The molecule has 0 unspecified atom stereocenters. The molecule has 2 aromatic rings. The Labute approximate surface area is 169 Å². The SMILES string of the molecule is Cc1ccc(Br)cc1NC(=O)CCNC(=O)/C=C/c1cccc(C(F)(F)F)c1. The topological polar surface area (TPSA) is 58.2 Å². The van der Waals surface area contributed by atoms with Gasteiger partial charge < -0.3 is 10.6 Å². The molecule has 28 heavy (non-hydrogen) atoms. The minimum absolute atomic E-state index is 0.0646. The molecule has 0 fully saturated rings. The summed E-state index contributed by atoms with van der Waals surface area (Å²) >= 11 is 3.33. The fraction of sp³-hybridized carbons (Fsp3) is 0.200. The summed E-state index contributed by atoms with van der Waals surface area (Å²) in [6.07, 6.45) is -1.96. The molecule has 2 amide bonds. The number of carbonyl (C=O) groups is 2. The Hall–Kier alpha value is -2.61. The highest BCUT2D eigenvalue weighted by Crippen LogP contribution is 2.29. The van der Waals surface area contributed by atoms with Crippen molar-refractivity contribution in [2.75, 3.05) is 11.9 Å². The highest BCUT2D eigenvalue weighted by Gasteiger charge is 2.30. The van der Waals surface area contributed by atoms with Crippen LogP contribution >= 0.6 is 15.9 Å². The molecule has 0 saturated heterocycles. The standard InChI is InChI=1S/C20H18BrF3N2O2/c1-13-5-7-16(21)12-17(13)26-19(28)9-10-25-18(27)8-6-14-3-2-4-15(11-14)20(22,23)24/h2-8,11-12H,9-10H2,1H3,(H,25,27)(H,26,28)/b8-6+. The number of anilines is 1. The van der Waals surface area contributed by atoms with Crippen molar-refractivity contribution in [3.63, 3.8) is 0 Å². The zero-order valence-corrected chi connectivity index (χ0v) is 16.5. The molecule has 0 bridgehead atoms. The predicted octanol–water partition coefficient (Wildman–Crippen LogP) is 4.93. The first-order valence-electron chi connectivity index (χ1n) is 8.34. The molecular formula is C20H18BrF3N2O2. The van der Waals surface area contributed by atoms with Crippen molar-refractivity contribution in [2.24, 2.45) is 0 Å². The summed E-state index contributed by atoms with van der Waals surface area (Å²) in [4.78, 5) is 23.7. The van der Waals surface area contributed by atoms with Gasteiger partial charge in [0, 0.05) is 29.2 Å². The summed E-state index contributed by atoms with van der Waals surface area (Å²) in [6, 6.07) is 10.2. The number of rotatable bonds is 6. The van der Waals surface area contributed by atoms with Crippen LogP contribution in [0.2, 0.25) is 0 Å². The monoisotopic (exact) mass is 454 g/mol. The van der Waals surface area contributed by atoms with Crippen molar-refractivity contribution in [1.29, 1.82) is 0 Å². The number of aryl methyl sites for hydroxylation is 1. The van der Waals surface area contributed by atoms with Gasteiger partial charge in [0.05, 0.1) is 5.56 Å². The summed E-state index contributed by atoms with van der Waals surface area (Å²) in [5, 5.41) is 5.28. The van der Waals surface area contributed by atoms with Gasteiger partial charge in [0.15, 0.2) is 0 Å². The van der Waals surface area contributed by atoms with Gasteiger partial charge >= 0.3 is 6.18 Å². The number of hydrogen-bond donors (Lipinski definition) is 2. The maximum absolute atomic E-state index is 12.7. The first kappa shape index (κ1) is 21.7. The summed E-state index contributed by atoms with van der Waals surface area (Å²) < 4.78 is 38.8. The highest BCUT2D eigenvalue weighted by atomic mass is 79.9. The van der Waals surface area contributed by atoms with Gasteiger partial charge in [-0.2, -0.15) is 13.2 Å². The van der Waals surface area contributed by atoms with Crippen LogP contribution in [0.15, 0.2) is 53.0 Å². The van der Waals surface area contributed by atoms with Crippen LogP contribution in [0.25, 0.3) is 6.08 Å². The molecule has 0 saturated carbocycles. The van der Waals surface area contributed by atoms with Gasteiger partial charge in [-0.05, 0) is 48.4 Å². The van der Waals surface area contributed by atoms with Gasteiger partial charge in [-0.1, -0.05) is 34.1 Å². The third-order valence-electron chi connectivity index (χ3n) is 3.77. The minimum atomic E-state index is -4.44. The number of benzene rings is 2. The third kappa shape index (κ3) is 6.84. The number of hydrogen-bond acceptors (Lipinski definition) is 2. The van der Waals surface area contributed by atoms with Gasteiger partial charge in [-0.15, -0.1) is 0 Å². The zero-order valence-electron chi connectivity index (χ0n) is 14.9. The fourth-order valence-corrected chi connectivity index (χ4v) is 2.65. The van der Waals surface area contributed by atoms with Crippen LogP contribution in [-0.2, 0) is 15.8 Å². The Morgan fingerprint density at radius 3 is 2.61 bits per heavy atom. The van der Waals surface area contributed by atoms with E-state index in [0.717, 1.165) is 28.2 Å². The highest BCUT2D eigenvalue weighted by molar-refractivity contribution is 9.10. The second kappa shape index (κ2) is 9.54. The lowest BCUT2D eigenvalue weighted by atomic mass is 10.1. The van der Waals surface area contributed by atoms with Crippen LogP contribution in [0.5, 0.6) is 0 Å². The minimum Gasteiger partial charge on any atom is -0.352 e. The van der Waals surface area contributed by atoms with Gasteiger partial charge in [0.2, 0.25) is 11.8 Å². The van der Waals surface area contributed by atoms with E-state index in [-0.39, 0.29) is 24.4 Å². The van der Waals surface area contributed by atoms with Crippen LogP contribution in [0.3, 0.4) is 0 Å². The average molecular weight is 455 g/mol. The Morgan fingerprint density at radius 1 is 1.14 bits per heavy atom. The van der Waals surface area contributed by atoms with Crippen LogP contribution in [0, 0.1) is 6.92 Å². The molecule has 148 valence electrons. The van der Waals surface area contributed by atoms with Crippen molar-refractivity contribution in [1.82, 2.24) is 5.32 Å². The molecule has 0 heterocycles. The third-order valence-corrected chi connectivity index (χ3v) is 4.26. The molecule has 0 radical (unpaired) electrons. The van der Waals surface area contributed by atoms with Crippen LogP contribution in [0.1, 0.15) is 23.1 Å². The number of carbonyl (C=O) groups excluding carboxylic acids is 2. The predicted molar refractivity (Wildman–Crippen MR) is 106 cm³/mol. The molecule has 0 aromatic heterocycles.